The summed E-state index contributed by atoms with van der Waals surface area (Å²) in [6, 6.07) is 3.40. The Morgan fingerprint density at radius 1 is 1.28 bits per heavy atom. The monoisotopic (exact) mass is 392 g/mol. The summed E-state index contributed by atoms with van der Waals surface area (Å²) < 4.78 is 0. The highest BCUT2D eigenvalue weighted by Crippen LogP contribution is 2.29. The molecule has 0 aromatic carbocycles. The molecule has 1 aliphatic heterocycles. The van der Waals surface area contributed by atoms with Crippen LogP contribution in [0.5, 0.6) is 0 Å². The second-order valence-electron chi connectivity index (χ2n) is 6.96. The molecule has 0 fully saturated rings. The molecule has 0 aliphatic carbocycles. The van der Waals surface area contributed by atoms with Crippen LogP contribution in [0.25, 0.3) is 16.3 Å². The summed E-state index contributed by atoms with van der Waals surface area (Å²) in [5.74, 6) is 0.336. The first-order valence-corrected chi connectivity index (χ1v) is 10.00. The van der Waals surface area contributed by atoms with Gasteiger partial charge in [0.05, 0.1) is 11.7 Å². The molecule has 3 N–H and O–H groups in total. The van der Waals surface area contributed by atoms with Crippen LogP contribution in [0.15, 0.2) is 42.4 Å². The Kier molecular flexibility index (Phi) is 7.56. The van der Waals surface area contributed by atoms with E-state index in [0.717, 1.165) is 34.0 Å². The molecule has 1 aliphatic rings. The fourth-order valence-electron chi connectivity index (χ4n) is 3.23. The molecule has 29 heavy (non-hydrogen) atoms. The Hall–Kier alpha value is -2.67. The second kappa shape index (κ2) is 9.70. The third-order valence-electron chi connectivity index (χ3n) is 4.62. The number of aliphatic hydroxyl groups is 1. The van der Waals surface area contributed by atoms with E-state index in [1.165, 1.54) is 6.92 Å². The molecule has 2 radical (unpaired) electrons. The van der Waals surface area contributed by atoms with Crippen LogP contribution in [-0.2, 0) is 4.79 Å². The quantitative estimate of drug-likeness (QED) is 0.678. The van der Waals surface area contributed by atoms with Gasteiger partial charge in [-0.25, -0.2) is 4.98 Å². The van der Waals surface area contributed by atoms with Crippen molar-refractivity contribution in [2.75, 3.05) is 5.32 Å². The number of pyridine rings is 2. The van der Waals surface area contributed by atoms with E-state index in [1.54, 1.807) is 18.5 Å². The first-order valence-electron chi connectivity index (χ1n) is 10.00. The lowest BCUT2D eigenvalue weighted by Crippen LogP contribution is -2.49. The fourth-order valence-corrected chi connectivity index (χ4v) is 3.23. The van der Waals surface area contributed by atoms with E-state index in [2.05, 4.69) is 20.6 Å². The molecule has 0 saturated carbocycles. The highest BCUT2D eigenvalue weighted by atomic mass is 16.3. The molecule has 0 saturated heterocycles. The smallest absolute Gasteiger partial charge is 0.222 e. The summed E-state index contributed by atoms with van der Waals surface area (Å²) in [5, 5.41) is 18.1. The van der Waals surface area contributed by atoms with Gasteiger partial charge in [0.1, 0.15) is 13.7 Å². The normalized spacial score (nSPS) is 17.8. The van der Waals surface area contributed by atoms with Crippen molar-refractivity contribution in [2.24, 2.45) is 0 Å². The summed E-state index contributed by atoms with van der Waals surface area (Å²) >= 11 is 0. The minimum atomic E-state index is -1.29. The van der Waals surface area contributed by atoms with E-state index in [9.17, 15) is 9.90 Å². The van der Waals surface area contributed by atoms with Gasteiger partial charge in [0.25, 0.3) is 0 Å². The highest BCUT2D eigenvalue weighted by molar-refractivity contribution is 6.15. The van der Waals surface area contributed by atoms with Crippen LogP contribution in [0, 0.1) is 0 Å². The van der Waals surface area contributed by atoms with E-state index in [0.29, 0.717) is 12.2 Å². The molecule has 0 spiro atoms. The van der Waals surface area contributed by atoms with Gasteiger partial charge in [0, 0.05) is 47.4 Å². The van der Waals surface area contributed by atoms with Crippen molar-refractivity contribution in [3.05, 3.63) is 48.1 Å². The SMILES string of the molecule is CC.[B]C(O)(CCC)C1C=C(C)C(c2cc3cnc(NC(C)=O)cc3cn2)=CN1. The fraction of sp³-hybridized carbons (Fsp3) is 0.409. The topological polar surface area (TPSA) is 87.1 Å². The Balaban J connectivity index is 0.00000145. The highest BCUT2D eigenvalue weighted by Gasteiger charge is 2.30. The van der Waals surface area contributed by atoms with Crippen molar-refractivity contribution in [3.63, 3.8) is 0 Å². The molecule has 2 atom stereocenters. The summed E-state index contributed by atoms with van der Waals surface area (Å²) in [6.07, 6.45) is 8.57. The zero-order valence-electron chi connectivity index (χ0n) is 17.8. The minimum Gasteiger partial charge on any atom is -0.397 e. The number of dihydropyridines is 1. The van der Waals surface area contributed by atoms with E-state index in [1.807, 2.05) is 46.0 Å². The van der Waals surface area contributed by atoms with E-state index >= 15 is 0 Å². The van der Waals surface area contributed by atoms with Crippen molar-refractivity contribution in [1.82, 2.24) is 15.3 Å². The Morgan fingerprint density at radius 2 is 1.93 bits per heavy atom. The molecular formula is C22H29BN4O2. The van der Waals surface area contributed by atoms with Crippen LogP contribution in [0.1, 0.15) is 53.2 Å². The third-order valence-corrected chi connectivity index (χ3v) is 4.62. The lowest BCUT2D eigenvalue weighted by molar-refractivity contribution is -0.114. The molecule has 3 heterocycles. The summed E-state index contributed by atoms with van der Waals surface area (Å²) in [6.45, 7) is 9.41. The first-order chi connectivity index (χ1) is 13.8. The van der Waals surface area contributed by atoms with Gasteiger partial charge in [0.2, 0.25) is 5.91 Å². The van der Waals surface area contributed by atoms with Gasteiger partial charge in [-0.1, -0.05) is 33.3 Å². The van der Waals surface area contributed by atoms with Crippen molar-refractivity contribution < 1.29 is 9.90 Å². The van der Waals surface area contributed by atoms with Gasteiger partial charge < -0.3 is 15.7 Å². The molecule has 2 unspecified atom stereocenters. The number of nitrogens with zero attached hydrogens (tertiary/aromatic N) is 2. The van der Waals surface area contributed by atoms with Gasteiger partial charge in [-0.05, 0) is 31.1 Å². The maximum atomic E-state index is 11.2. The number of anilines is 1. The summed E-state index contributed by atoms with van der Waals surface area (Å²) in [4.78, 5) is 20.0. The number of amides is 1. The standard InChI is InChI=1S/C20H23BN4O2.C2H6/c1-4-5-20(21,27)18-6-12(2)16(11-23-18)17-7-14-10-24-19(25-13(3)26)8-15(14)9-22-17;1-2/h6-11,18,23,27H,4-5H2,1-3H3,(H,24,25,26);1-2H3. The molecule has 152 valence electrons. The average Bonchev–Trinajstić information content (AvgIpc) is 2.68. The van der Waals surface area contributed by atoms with Crippen LogP contribution in [0.4, 0.5) is 5.82 Å². The summed E-state index contributed by atoms with van der Waals surface area (Å²) in [7, 11) is 6.04. The number of carbonyl (C=O) groups excluding carboxylic acids is 1. The first kappa shape index (κ1) is 22.6. The number of allylic oxidation sites excluding steroid dienone is 2. The van der Waals surface area contributed by atoms with Crippen molar-refractivity contribution >= 4 is 35.9 Å². The number of fused-ring (bicyclic) bond motifs is 1. The van der Waals surface area contributed by atoms with E-state index < -0.39 is 5.50 Å². The molecule has 2 aromatic heterocycles. The molecule has 0 bridgehead atoms. The average molecular weight is 392 g/mol. The third kappa shape index (κ3) is 5.44. The van der Waals surface area contributed by atoms with Crippen LogP contribution >= 0.6 is 0 Å². The zero-order chi connectivity index (χ0) is 21.6. The number of carbonyl (C=O) groups is 1. The van der Waals surface area contributed by atoms with Crippen molar-refractivity contribution in [3.8, 4) is 0 Å². The van der Waals surface area contributed by atoms with Crippen LogP contribution in [0.3, 0.4) is 0 Å². The Bertz CT molecular complexity index is 938. The number of aromatic nitrogens is 2. The molecule has 6 nitrogen and oxygen atoms in total. The lowest BCUT2D eigenvalue weighted by atomic mass is 9.71. The van der Waals surface area contributed by atoms with Gasteiger partial charge in [-0.15, -0.1) is 0 Å². The largest absolute Gasteiger partial charge is 0.397 e. The van der Waals surface area contributed by atoms with Crippen LogP contribution < -0.4 is 10.6 Å². The van der Waals surface area contributed by atoms with E-state index in [4.69, 9.17) is 7.85 Å². The maximum absolute atomic E-state index is 11.2. The van der Waals surface area contributed by atoms with E-state index in [-0.39, 0.29) is 11.9 Å². The molecule has 1 amide bonds. The van der Waals surface area contributed by atoms with Crippen molar-refractivity contribution in [1.29, 1.82) is 0 Å². The van der Waals surface area contributed by atoms with Gasteiger partial charge >= 0.3 is 0 Å². The Morgan fingerprint density at radius 3 is 2.55 bits per heavy atom. The minimum absolute atomic E-state index is 0.164. The number of nitrogens with one attached hydrogen (secondary N) is 2. The lowest BCUT2D eigenvalue weighted by Gasteiger charge is -2.34. The molecule has 7 heteroatoms. The number of rotatable bonds is 5. The van der Waals surface area contributed by atoms with Gasteiger partial charge in [-0.3, -0.25) is 9.78 Å². The maximum Gasteiger partial charge on any atom is 0.222 e. The van der Waals surface area contributed by atoms with Crippen LogP contribution in [-0.4, -0.2) is 40.4 Å². The zero-order valence-corrected chi connectivity index (χ0v) is 17.8. The Labute approximate surface area is 173 Å². The van der Waals surface area contributed by atoms with Crippen LogP contribution in [0.2, 0.25) is 0 Å². The predicted molar refractivity (Wildman–Crippen MR) is 119 cm³/mol. The number of hydrogen-bond donors (Lipinski definition) is 3. The molecular weight excluding hydrogens is 363 g/mol. The number of hydrogen-bond acceptors (Lipinski definition) is 5. The second-order valence-corrected chi connectivity index (χ2v) is 6.96. The summed E-state index contributed by atoms with van der Waals surface area (Å²) in [5.41, 5.74) is 1.44. The molecule has 2 aromatic rings. The van der Waals surface area contributed by atoms with Crippen molar-refractivity contribution in [2.45, 2.75) is 59.0 Å². The molecule has 3 rings (SSSR count). The van der Waals surface area contributed by atoms with Gasteiger partial charge in [0.15, 0.2) is 0 Å². The predicted octanol–water partition coefficient (Wildman–Crippen LogP) is 3.53. The van der Waals surface area contributed by atoms with Gasteiger partial charge in [-0.2, -0.15) is 0 Å².